The van der Waals surface area contributed by atoms with Gasteiger partial charge >= 0.3 is 5.97 Å². The minimum absolute atomic E-state index is 0.0845. The first-order valence-electron chi connectivity index (χ1n) is 11.0. The summed E-state index contributed by atoms with van der Waals surface area (Å²) in [4.78, 5) is 27.3. The lowest BCUT2D eigenvalue weighted by atomic mass is 9.42. The third kappa shape index (κ3) is 2.80. The molecule has 29 heavy (non-hydrogen) atoms. The van der Waals surface area contributed by atoms with E-state index in [4.69, 9.17) is 4.74 Å². The Hall–Kier alpha value is -2.04. The van der Waals surface area contributed by atoms with Gasteiger partial charge in [0, 0.05) is 12.6 Å². The Morgan fingerprint density at radius 1 is 1.10 bits per heavy atom. The van der Waals surface area contributed by atoms with E-state index in [-0.39, 0.29) is 22.8 Å². The number of ether oxygens (including phenoxy) is 1. The van der Waals surface area contributed by atoms with Gasteiger partial charge in [-0.2, -0.15) is 0 Å². The molecule has 0 aromatic heterocycles. The van der Waals surface area contributed by atoms with Gasteiger partial charge in [-0.05, 0) is 86.8 Å². The molecule has 0 spiro atoms. The van der Waals surface area contributed by atoms with Gasteiger partial charge in [-0.3, -0.25) is 9.59 Å². The number of carbonyl (C=O) groups excluding carboxylic acids is 1. The van der Waals surface area contributed by atoms with Crippen LogP contribution in [0.15, 0.2) is 24.3 Å². The molecule has 5 fully saturated rings. The second-order valence-electron chi connectivity index (χ2n) is 10.2. The molecular formula is C24H31NO4. The molecule has 5 nitrogen and oxygen atoms in total. The molecule has 1 amide bonds. The van der Waals surface area contributed by atoms with E-state index in [1.54, 1.807) is 7.11 Å². The van der Waals surface area contributed by atoms with E-state index in [2.05, 4.69) is 12.1 Å². The van der Waals surface area contributed by atoms with E-state index in [0.717, 1.165) is 25.0 Å². The predicted molar refractivity (Wildman–Crippen MR) is 109 cm³/mol. The Morgan fingerprint density at radius 3 is 2.31 bits per heavy atom. The quantitative estimate of drug-likeness (QED) is 0.838. The molecule has 5 aliphatic rings. The number of likely N-dealkylation sites (tertiary alicyclic amines) is 1. The molecular weight excluding hydrogens is 366 g/mol. The molecule has 4 aliphatic carbocycles. The fourth-order valence-electron chi connectivity index (χ4n) is 7.66. The highest BCUT2D eigenvalue weighted by Gasteiger charge is 2.62. The lowest BCUT2D eigenvalue weighted by Crippen LogP contribution is -2.60. The van der Waals surface area contributed by atoms with Gasteiger partial charge in [0.25, 0.3) is 0 Å². The maximum Gasteiger partial charge on any atom is 0.308 e. The highest BCUT2D eigenvalue weighted by atomic mass is 16.5. The maximum absolute atomic E-state index is 13.9. The van der Waals surface area contributed by atoms with Crippen molar-refractivity contribution in [3.8, 4) is 5.75 Å². The summed E-state index contributed by atoms with van der Waals surface area (Å²) < 4.78 is 5.35. The maximum atomic E-state index is 13.9. The van der Waals surface area contributed by atoms with Crippen molar-refractivity contribution in [1.82, 2.24) is 4.90 Å². The van der Waals surface area contributed by atoms with E-state index in [1.165, 1.54) is 24.8 Å². The lowest BCUT2D eigenvalue weighted by molar-refractivity contribution is -0.161. The molecule has 4 saturated carbocycles. The Labute approximate surface area is 172 Å². The van der Waals surface area contributed by atoms with Gasteiger partial charge < -0.3 is 14.7 Å². The molecule has 1 aliphatic heterocycles. The minimum Gasteiger partial charge on any atom is -0.497 e. The highest BCUT2D eigenvalue weighted by Crippen LogP contribution is 2.66. The first kappa shape index (κ1) is 19.0. The molecule has 4 unspecified atom stereocenters. The van der Waals surface area contributed by atoms with Gasteiger partial charge in [0.1, 0.15) is 5.75 Å². The van der Waals surface area contributed by atoms with Crippen molar-refractivity contribution in [2.75, 3.05) is 13.7 Å². The van der Waals surface area contributed by atoms with Gasteiger partial charge in [-0.15, -0.1) is 0 Å². The smallest absolute Gasteiger partial charge is 0.308 e. The molecule has 1 heterocycles. The van der Waals surface area contributed by atoms with Crippen LogP contribution in [0.1, 0.15) is 57.4 Å². The number of carboxylic acids is 1. The van der Waals surface area contributed by atoms with Crippen molar-refractivity contribution in [3.63, 3.8) is 0 Å². The average molecular weight is 398 g/mol. The molecule has 1 N–H and O–H groups in total. The summed E-state index contributed by atoms with van der Waals surface area (Å²) >= 11 is 0. The summed E-state index contributed by atoms with van der Waals surface area (Å²) in [5, 5.41) is 9.50. The number of benzene rings is 1. The molecule has 4 bridgehead atoms. The van der Waals surface area contributed by atoms with Crippen molar-refractivity contribution < 1.29 is 19.4 Å². The van der Waals surface area contributed by atoms with Crippen LogP contribution >= 0.6 is 0 Å². The van der Waals surface area contributed by atoms with Crippen molar-refractivity contribution in [3.05, 3.63) is 29.8 Å². The minimum atomic E-state index is -0.770. The molecule has 1 aromatic rings. The number of amides is 1. The van der Waals surface area contributed by atoms with Crippen molar-refractivity contribution >= 4 is 11.9 Å². The summed E-state index contributed by atoms with van der Waals surface area (Å²) in [5.41, 5.74) is 1.13. The standard InChI is InChI=1S/C24H31NO4/c1-15-20(21(26)27)7-8-25(15)22(28)24-12-16-9-17(13-24)11-23(10-16,14-24)18-3-5-19(29-2)6-4-18/h3-6,15-17,20H,7-14H2,1-2H3,(H,26,27). The number of nitrogens with zero attached hydrogens (tertiary/aromatic N) is 1. The van der Waals surface area contributed by atoms with Gasteiger partial charge in [-0.25, -0.2) is 0 Å². The third-order valence-electron chi connectivity index (χ3n) is 8.55. The predicted octanol–water partition coefficient (Wildman–Crippen LogP) is 3.85. The van der Waals surface area contributed by atoms with Gasteiger partial charge in [0.05, 0.1) is 18.4 Å². The van der Waals surface area contributed by atoms with Gasteiger partial charge in [-0.1, -0.05) is 12.1 Å². The van der Waals surface area contributed by atoms with Crippen molar-refractivity contribution in [1.29, 1.82) is 0 Å². The van der Waals surface area contributed by atoms with E-state index < -0.39 is 11.9 Å². The second kappa shape index (κ2) is 6.48. The van der Waals surface area contributed by atoms with E-state index in [1.807, 2.05) is 24.0 Å². The van der Waals surface area contributed by atoms with Gasteiger partial charge in [0.15, 0.2) is 0 Å². The van der Waals surface area contributed by atoms with Crippen LogP contribution in [-0.4, -0.2) is 41.6 Å². The zero-order valence-corrected chi connectivity index (χ0v) is 17.4. The van der Waals surface area contributed by atoms with Crippen LogP contribution in [0, 0.1) is 23.2 Å². The number of carbonyl (C=O) groups is 2. The van der Waals surface area contributed by atoms with Crippen LogP contribution in [-0.2, 0) is 15.0 Å². The number of aliphatic carboxylic acids is 1. The zero-order valence-electron chi connectivity index (χ0n) is 17.4. The molecule has 6 rings (SSSR count). The van der Waals surface area contributed by atoms with Crippen molar-refractivity contribution in [2.24, 2.45) is 23.2 Å². The number of hydrogen-bond donors (Lipinski definition) is 1. The van der Waals surface area contributed by atoms with E-state index >= 15 is 0 Å². The Bertz CT molecular complexity index is 818. The molecule has 156 valence electrons. The first-order chi connectivity index (χ1) is 13.9. The van der Waals surface area contributed by atoms with E-state index in [0.29, 0.717) is 24.8 Å². The van der Waals surface area contributed by atoms with Crippen LogP contribution in [0.25, 0.3) is 0 Å². The number of rotatable bonds is 4. The Kier molecular flexibility index (Phi) is 4.24. The monoisotopic (exact) mass is 397 g/mol. The Balaban J connectivity index is 1.46. The fraction of sp³-hybridized carbons (Fsp3) is 0.667. The van der Waals surface area contributed by atoms with Crippen LogP contribution in [0.4, 0.5) is 0 Å². The number of carboxylic acid groups (broad SMARTS) is 1. The highest BCUT2D eigenvalue weighted by molar-refractivity contribution is 5.85. The summed E-state index contributed by atoms with van der Waals surface area (Å²) in [7, 11) is 1.69. The van der Waals surface area contributed by atoms with Crippen LogP contribution < -0.4 is 4.74 Å². The molecule has 5 heteroatoms. The second-order valence-corrected chi connectivity index (χ2v) is 10.2. The number of methoxy groups -OCH3 is 1. The first-order valence-corrected chi connectivity index (χ1v) is 11.0. The molecule has 1 saturated heterocycles. The van der Waals surface area contributed by atoms with Crippen LogP contribution in [0.3, 0.4) is 0 Å². The Morgan fingerprint density at radius 2 is 1.76 bits per heavy atom. The van der Waals surface area contributed by atoms with Crippen LogP contribution in [0.2, 0.25) is 0 Å². The SMILES string of the molecule is COc1ccc(C23CC4CC(CC(C(=O)N5CCC(C(=O)O)C5C)(C4)C2)C3)cc1. The van der Waals surface area contributed by atoms with Crippen molar-refractivity contribution in [2.45, 2.75) is 63.3 Å². The summed E-state index contributed by atoms with van der Waals surface area (Å²) in [5.74, 6) is 1.12. The summed E-state index contributed by atoms with van der Waals surface area (Å²) in [6.45, 7) is 2.51. The third-order valence-corrected chi connectivity index (χ3v) is 8.55. The number of hydrogen-bond acceptors (Lipinski definition) is 3. The largest absolute Gasteiger partial charge is 0.497 e. The normalized spacial score (nSPS) is 40.3. The molecule has 4 atom stereocenters. The van der Waals surface area contributed by atoms with Crippen LogP contribution in [0.5, 0.6) is 5.75 Å². The van der Waals surface area contributed by atoms with Gasteiger partial charge in [0.2, 0.25) is 5.91 Å². The zero-order chi connectivity index (χ0) is 20.4. The summed E-state index contributed by atoms with van der Waals surface area (Å²) in [6.07, 6.45) is 7.08. The molecule has 1 aromatic carbocycles. The average Bonchev–Trinajstić information content (AvgIpc) is 3.08. The summed E-state index contributed by atoms with van der Waals surface area (Å²) in [6, 6.07) is 8.28. The van der Waals surface area contributed by atoms with E-state index in [9.17, 15) is 14.7 Å². The molecule has 0 radical (unpaired) electrons. The fourth-order valence-corrected chi connectivity index (χ4v) is 7.66. The lowest BCUT2D eigenvalue weighted by Gasteiger charge is -2.62. The topological polar surface area (TPSA) is 66.8 Å².